The molecule has 2 rings (SSSR count). The van der Waals surface area contributed by atoms with Crippen LogP contribution >= 0.6 is 0 Å². The Labute approximate surface area is 109 Å². The zero-order valence-corrected chi connectivity index (χ0v) is 11.8. The fraction of sp³-hybridized carbons (Fsp3) is 0.929. The van der Waals surface area contributed by atoms with Crippen molar-refractivity contribution in [1.29, 1.82) is 0 Å². The molecule has 0 aromatic rings. The third-order valence-corrected chi connectivity index (χ3v) is 4.09. The van der Waals surface area contributed by atoms with Crippen molar-refractivity contribution >= 4 is 5.97 Å². The molecule has 4 heteroatoms. The van der Waals surface area contributed by atoms with Crippen molar-refractivity contribution in [2.45, 2.75) is 71.2 Å². The first kappa shape index (κ1) is 13.8. The fourth-order valence-corrected chi connectivity index (χ4v) is 3.03. The summed E-state index contributed by atoms with van der Waals surface area (Å²) in [6, 6.07) is 0. The highest BCUT2D eigenvalue weighted by molar-refractivity contribution is 5.74. The average molecular weight is 256 g/mol. The van der Waals surface area contributed by atoms with Crippen LogP contribution in [-0.4, -0.2) is 23.8 Å². The molecule has 1 aliphatic carbocycles. The smallest absolute Gasteiger partial charge is 0.312 e. The second-order valence-corrected chi connectivity index (χ2v) is 6.17. The van der Waals surface area contributed by atoms with Gasteiger partial charge in [-0.2, -0.15) is 0 Å². The minimum absolute atomic E-state index is 0.130. The lowest BCUT2D eigenvalue weighted by Crippen LogP contribution is -2.41. The van der Waals surface area contributed by atoms with E-state index < -0.39 is 0 Å². The molecule has 0 spiro atoms. The minimum Gasteiger partial charge on any atom is -0.459 e. The van der Waals surface area contributed by atoms with Crippen molar-refractivity contribution in [3.63, 3.8) is 0 Å². The van der Waals surface area contributed by atoms with Crippen LogP contribution in [0.4, 0.5) is 0 Å². The summed E-state index contributed by atoms with van der Waals surface area (Å²) in [6.45, 7) is 8.11. The first-order chi connectivity index (χ1) is 8.44. The van der Waals surface area contributed by atoms with E-state index >= 15 is 0 Å². The third kappa shape index (κ3) is 2.69. The molecule has 1 saturated carbocycles. The lowest BCUT2D eigenvalue weighted by Gasteiger charge is -2.32. The second kappa shape index (κ2) is 5.17. The molecule has 104 valence electrons. The standard InChI is InChI=1S/C14H24O4/c1-5-8-14(3,4)16-13(15)10-6-7-11-9(2)12(10)18-17-11/h9-12H,5-8H2,1-4H3. The van der Waals surface area contributed by atoms with Gasteiger partial charge in [-0.3, -0.25) is 4.79 Å². The number of hydrogen-bond donors (Lipinski definition) is 0. The Balaban J connectivity index is 1.97. The third-order valence-electron chi connectivity index (χ3n) is 4.09. The Morgan fingerprint density at radius 2 is 2.06 bits per heavy atom. The van der Waals surface area contributed by atoms with Gasteiger partial charge in [-0.1, -0.05) is 20.3 Å². The van der Waals surface area contributed by atoms with Crippen LogP contribution in [0.5, 0.6) is 0 Å². The quantitative estimate of drug-likeness (QED) is 0.573. The van der Waals surface area contributed by atoms with E-state index in [4.69, 9.17) is 14.5 Å². The van der Waals surface area contributed by atoms with Crippen LogP contribution in [0, 0.1) is 11.8 Å². The van der Waals surface area contributed by atoms with Crippen LogP contribution in [0.1, 0.15) is 53.4 Å². The largest absolute Gasteiger partial charge is 0.459 e. The van der Waals surface area contributed by atoms with Crippen LogP contribution in [0.25, 0.3) is 0 Å². The number of rotatable bonds is 4. The van der Waals surface area contributed by atoms with Gasteiger partial charge in [0.2, 0.25) is 0 Å². The molecule has 0 aromatic carbocycles. The van der Waals surface area contributed by atoms with Crippen LogP contribution in [0.3, 0.4) is 0 Å². The van der Waals surface area contributed by atoms with Gasteiger partial charge < -0.3 is 4.74 Å². The van der Waals surface area contributed by atoms with E-state index in [-0.39, 0.29) is 35.6 Å². The summed E-state index contributed by atoms with van der Waals surface area (Å²) in [7, 11) is 0. The highest BCUT2D eigenvalue weighted by atomic mass is 17.2. The average Bonchev–Trinajstić information content (AvgIpc) is 2.50. The summed E-state index contributed by atoms with van der Waals surface area (Å²) in [5, 5.41) is 0. The first-order valence-corrected chi connectivity index (χ1v) is 6.99. The van der Waals surface area contributed by atoms with Crippen molar-refractivity contribution < 1.29 is 19.3 Å². The molecular weight excluding hydrogens is 232 g/mol. The summed E-state index contributed by atoms with van der Waals surface area (Å²) in [5.74, 6) is -0.0188. The van der Waals surface area contributed by atoms with Gasteiger partial charge in [0.25, 0.3) is 0 Å². The highest BCUT2D eigenvalue weighted by Gasteiger charge is 2.49. The first-order valence-electron chi connectivity index (χ1n) is 6.99. The second-order valence-electron chi connectivity index (χ2n) is 6.17. The Morgan fingerprint density at radius 1 is 1.33 bits per heavy atom. The Hall–Kier alpha value is -0.610. The van der Waals surface area contributed by atoms with Gasteiger partial charge in [0, 0.05) is 5.92 Å². The molecule has 2 bridgehead atoms. The Morgan fingerprint density at radius 3 is 2.72 bits per heavy atom. The maximum Gasteiger partial charge on any atom is 0.312 e. The Kier molecular flexibility index (Phi) is 3.97. The van der Waals surface area contributed by atoms with E-state index in [2.05, 4.69) is 13.8 Å². The number of esters is 1. The normalized spacial score (nSPS) is 35.6. The molecule has 1 aliphatic heterocycles. The molecule has 2 aliphatic rings. The summed E-state index contributed by atoms with van der Waals surface area (Å²) < 4.78 is 5.64. The zero-order chi connectivity index (χ0) is 13.3. The molecular formula is C14H24O4. The van der Waals surface area contributed by atoms with Gasteiger partial charge in [0.1, 0.15) is 11.7 Å². The maximum absolute atomic E-state index is 12.3. The summed E-state index contributed by atoms with van der Waals surface area (Å²) in [6.07, 6.45) is 3.60. The molecule has 4 unspecified atom stereocenters. The lowest BCUT2D eigenvalue weighted by molar-refractivity contribution is -0.295. The van der Waals surface area contributed by atoms with Gasteiger partial charge in [-0.15, -0.1) is 0 Å². The van der Waals surface area contributed by atoms with Crippen LogP contribution in [0.15, 0.2) is 0 Å². The van der Waals surface area contributed by atoms with Crippen molar-refractivity contribution in [3.8, 4) is 0 Å². The molecule has 2 fully saturated rings. The predicted octanol–water partition coefficient (Wildman–Crippen LogP) is 2.85. The number of fused-ring (bicyclic) bond motifs is 2. The molecule has 0 radical (unpaired) electrons. The number of ether oxygens (including phenoxy) is 1. The Bertz CT molecular complexity index is 313. The molecule has 18 heavy (non-hydrogen) atoms. The summed E-state index contributed by atoms with van der Waals surface area (Å²) in [4.78, 5) is 22.8. The number of carbonyl (C=O) groups excluding carboxylic acids is 1. The maximum atomic E-state index is 12.3. The van der Waals surface area contributed by atoms with E-state index in [9.17, 15) is 4.79 Å². The fourth-order valence-electron chi connectivity index (χ4n) is 3.03. The van der Waals surface area contributed by atoms with Gasteiger partial charge in [-0.25, -0.2) is 9.78 Å². The molecule has 1 saturated heterocycles. The topological polar surface area (TPSA) is 44.8 Å². The van der Waals surface area contributed by atoms with Crippen molar-refractivity contribution in [3.05, 3.63) is 0 Å². The number of hydrogen-bond acceptors (Lipinski definition) is 4. The predicted molar refractivity (Wildman–Crippen MR) is 66.7 cm³/mol. The highest BCUT2D eigenvalue weighted by Crippen LogP contribution is 2.40. The van der Waals surface area contributed by atoms with E-state index in [1.165, 1.54) is 0 Å². The summed E-state index contributed by atoms with van der Waals surface area (Å²) >= 11 is 0. The molecule has 0 N–H and O–H groups in total. The monoisotopic (exact) mass is 256 g/mol. The van der Waals surface area contributed by atoms with E-state index in [1.54, 1.807) is 0 Å². The van der Waals surface area contributed by atoms with Crippen molar-refractivity contribution in [2.75, 3.05) is 0 Å². The molecule has 4 atom stereocenters. The van der Waals surface area contributed by atoms with E-state index in [0.29, 0.717) is 0 Å². The molecule has 1 heterocycles. The van der Waals surface area contributed by atoms with Gasteiger partial charge in [0.15, 0.2) is 0 Å². The van der Waals surface area contributed by atoms with Crippen LogP contribution in [-0.2, 0) is 19.3 Å². The lowest BCUT2D eigenvalue weighted by atomic mass is 9.78. The molecule has 0 aromatic heterocycles. The van der Waals surface area contributed by atoms with E-state index in [0.717, 1.165) is 25.7 Å². The van der Waals surface area contributed by atoms with Gasteiger partial charge in [0.05, 0.1) is 12.0 Å². The SMILES string of the molecule is CCCC(C)(C)OC(=O)C1CCC2OOC1C2C. The molecule has 4 nitrogen and oxygen atoms in total. The van der Waals surface area contributed by atoms with Crippen LogP contribution in [0.2, 0.25) is 0 Å². The van der Waals surface area contributed by atoms with Crippen molar-refractivity contribution in [1.82, 2.24) is 0 Å². The number of carbonyl (C=O) groups is 1. The zero-order valence-electron chi connectivity index (χ0n) is 11.8. The van der Waals surface area contributed by atoms with E-state index in [1.807, 2.05) is 13.8 Å². The van der Waals surface area contributed by atoms with Crippen LogP contribution < -0.4 is 0 Å². The van der Waals surface area contributed by atoms with Gasteiger partial charge >= 0.3 is 5.97 Å². The minimum atomic E-state index is -0.384. The molecule has 0 amide bonds. The summed E-state index contributed by atoms with van der Waals surface area (Å²) in [5.41, 5.74) is -0.384. The van der Waals surface area contributed by atoms with Gasteiger partial charge in [-0.05, 0) is 33.1 Å². The van der Waals surface area contributed by atoms with Crippen molar-refractivity contribution in [2.24, 2.45) is 11.8 Å².